The number of carbonyl (C=O) groups is 1. The molecule has 0 fully saturated rings. The molecule has 0 bridgehead atoms. The van der Waals surface area contributed by atoms with Gasteiger partial charge in [-0.25, -0.2) is 0 Å². The lowest BCUT2D eigenvalue weighted by Crippen LogP contribution is -2.21. The van der Waals surface area contributed by atoms with Crippen LogP contribution in [0.3, 0.4) is 0 Å². The van der Waals surface area contributed by atoms with Gasteiger partial charge in [0, 0.05) is 13.7 Å². The molecule has 2 aromatic heterocycles. The van der Waals surface area contributed by atoms with Gasteiger partial charge < -0.3 is 24.6 Å². The normalized spacial score (nSPS) is 12.6. The van der Waals surface area contributed by atoms with Gasteiger partial charge >= 0.3 is 0 Å². The van der Waals surface area contributed by atoms with Gasteiger partial charge in [0.15, 0.2) is 11.4 Å². The van der Waals surface area contributed by atoms with Gasteiger partial charge in [0.05, 0.1) is 34.3 Å². The van der Waals surface area contributed by atoms with Crippen LogP contribution >= 0.6 is 0 Å². The van der Waals surface area contributed by atoms with Crippen molar-refractivity contribution in [3.63, 3.8) is 0 Å². The van der Waals surface area contributed by atoms with E-state index >= 15 is 0 Å². The minimum atomic E-state index is -2.76. The van der Waals surface area contributed by atoms with Crippen molar-refractivity contribution >= 4 is 17.3 Å². The van der Waals surface area contributed by atoms with Crippen molar-refractivity contribution in [1.29, 1.82) is 0 Å². The summed E-state index contributed by atoms with van der Waals surface area (Å²) in [7, 11) is -1.30. The lowest BCUT2D eigenvalue weighted by atomic mass is 10.1. The second kappa shape index (κ2) is 8.91. The van der Waals surface area contributed by atoms with E-state index in [-0.39, 0.29) is 41.0 Å². The van der Waals surface area contributed by atoms with Gasteiger partial charge in [-0.3, -0.25) is 4.79 Å². The summed E-state index contributed by atoms with van der Waals surface area (Å²) in [5.74, 6) is -0.165. The third-order valence-electron chi connectivity index (χ3n) is 3.69. The number of hydrogen-bond donors (Lipinski definition) is 2. The highest BCUT2D eigenvalue weighted by atomic mass is 16.5. The highest BCUT2D eigenvalue weighted by molar-refractivity contribution is 5.98. The summed E-state index contributed by atoms with van der Waals surface area (Å²) in [4.78, 5) is 16.3. The molecule has 2 heterocycles. The second-order valence-electron chi connectivity index (χ2n) is 5.43. The molecule has 1 aromatic carbocycles. The first-order valence-corrected chi connectivity index (χ1v) is 8.36. The van der Waals surface area contributed by atoms with Crippen LogP contribution in [0.4, 0.5) is 11.4 Å². The fourth-order valence-electron chi connectivity index (χ4n) is 2.40. The van der Waals surface area contributed by atoms with E-state index in [9.17, 15) is 4.79 Å². The Morgan fingerprint density at radius 1 is 1.32 bits per heavy atom. The Hall–Kier alpha value is -3.53. The van der Waals surface area contributed by atoms with E-state index in [0.717, 1.165) is 0 Å². The summed E-state index contributed by atoms with van der Waals surface area (Å²) in [6.07, 6.45) is 1.39. The maximum absolute atomic E-state index is 12.1. The molecule has 10 nitrogen and oxygen atoms in total. The second-order valence-corrected chi connectivity index (χ2v) is 5.43. The number of methoxy groups -OCH3 is 1. The number of para-hydroxylation sites is 1. The van der Waals surface area contributed by atoms with E-state index in [0.29, 0.717) is 12.3 Å². The van der Waals surface area contributed by atoms with Crippen molar-refractivity contribution in [1.82, 2.24) is 25.7 Å². The molecule has 10 heteroatoms. The van der Waals surface area contributed by atoms with Crippen molar-refractivity contribution in [2.45, 2.75) is 13.5 Å². The smallest absolute Gasteiger partial charge is 0.273 e. The predicted octanol–water partition coefficient (Wildman–Crippen LogP) is 2.17. The molecule has 0 aliphatic carbocycles. The molecule has 0 aliphatic rings. The van der Waals surface area contributed by atoms with Gasteiger partial charge in [-0.15, -0.1) is 5.10 Å². The third-order valence-corrected chi connectivity index (χ3v) is 3.69. The van der Waals surface area contributed by atoms with Crippen LogP contribution in [0.1, 0.15) is 27.4 Å². The van der Waals surface area contributed by atoms with E-state index in [1.54, 1.807) is 18.2 Å². The Balaban J connectivity index is 2.05. The van der Waals surface area contributed by atoms with Crippen LogP contribution in [-0.2, 0) is 11.3 Å². The monoisotopic (exact) mass is 387 g/mol. The van der Waals surface area contributed by atoms with Crippen LogP contribution in [0.15, 0.2) is 35.0 Å². The Morgan fingerprint density at radius 2 is 2.21 bits per heavy atom. The topological polar surface area (TPSA) is 124 Å². The molecule has 3 aromatic rings. The zero-order valence-electron chi connectivity index (χ0n) is 18.2. The van der Waals surface area contributed by atoms with Crippen LogP contribution < -0.4 is 15.4 Å². The molecular formula is C18H20N6O4. The predicted molar refractivity (Wildman–Crippen MR) is 100 cm³/mol. The molecule has 0 atom stereocenters. The molecule has 0 radical (unpaired) electrons. The first kappa shape index (κ1) is 15.5. The molecule has 3 rings (SSSR count). The van der Waals surface area contributed by atoms with E-state index in [1.807, 2.05) is 6.92 Å². The minimum Gasteiger partial charge on any atom is -0.494 e. The molecule has 0 unspecified atom stereocenters. The van der Waals surface area contributed by atoms with Crippen molar-refractivity contribution in [3.05, 3.63) is 42.0 Å². The Morgan fingerprint density at radius 3 is 3.00 bits per heavy atom. The number of aromatic nitrogens is 4. The molecule has 0 aliphatic heterocycles. The number of hydrogen-bond acceptors (Lipinski definition) is 9. The molecule has 1 amide bonds. The highest BCUT2D eigenvalue weighted by Crippen LogP contribution is 2.37. The van der Waals surface area contributed by atoms with Crippen molar-refractivity contribution in [2.24, 2.45) is 0 Å². The van der Waals surface area contributed by atoms with Gasteiger partial charge in [-0.1, -0.05) is 11.2 Å². The number of benzene rings is 1. The number of ether oxygens (including phenoxy) is 2. The molecule has 0 saturated heterocycles. The highest BCUT2D eigenvalue weighted by Gasteiger charge is 2.19. The van der Waals surface area contributed by atoms with Crippen molar-refractivity contribution in [2.75, 3.05) is 26.0 Å². The quantitative estimate of drug-likeness (QED) is 0.598. The van der Waals surface area contributed by atoms with Crippen molar-refractivity contribution < 1.29 is 22.9 Å². The molecule has 2 N–H and O–H groups in total. The number of nitrogens with one attached hydrogen (secondary N) is 2. The third kappa shape index (κ3) is 4.07. The molecular weight excluding hydrogens is 364 g/mol. The maximum Gasteiger partial charge on any atom is 0.273 e. The number of amides is 1. The molecule has 0 saturated carbocycles. The van der Waals surface area contributed by atoms with Crippen LogP contribution in [0.5, 0.6) is 5.75 Å². The molecule has 146 valence electrons. The number of carbonyl (C=O) groups excluding carboxylic acids is 1. The number of rotatable bonds is 8. The zero-order valence-corrected chi connectivity index (χ0v) is 15.2. The minimum absolute atomic E-state index is 0.0220. The van der Waals surface area contributed by atoms with Crippen LogP contribution in [-0.4, -0.2) is 46.9 Å². The average molecular weight is 387 g/mol. The number of anilines is 2. The van der Waals surface area contributed by atoms with Gasteiger partial charge in [-0.05, 0) is 25.1 Å². The SMILES string of the molecule is [2H]C([2H])([2H])Oc1c(Nc2ccnnc2C(=O)NC)cccc1-c1noc(COCC)n1. The summed E-state index contributed by atoms with van der Waals surface area (Å²) in [6, 6.07) is 6.35. The summed E-state index contributed by atoms with van der Waals surface area (Å²) in [5.41, 5.74) is 0.847. The maximum atomic E-state index is 12.1. The fraction of sp³-hybridized carbons (Fsp3) is 0.278. The summed E-state index contributed by atoms with van der Waals surface area (Å²) in [5, 5.41) is 16.9. The number of nitrogens with zero attached hydrogens (tertiary/aromatic N) is 4. The summed E-state index contributed by atoms with van der Waals surface area (Å²) < 4.78 is 38.3. The van der Waals surface area contributed by atoms with Crippen LogP contribution in [0, 0.1) is 0 Å². The van der Waals surface area contributed by atoms with E-state index in [4.69, 9.17) is 18.1 Å². The molecule has 0 spiro atoms. The van der Waals surface area contributed by atoms with Gasteiger partial charge in [-0.2, -0.15) is 10.1 Å². The average Bonchev–Trinajstić information content (AvgIpc) is 3.21. The van der Waals surface area contributed by atoms with Crippen LogP contribution in [0.25, 0.3) is 11.4 Å². The standard InChI is InChI=1S/C18H20N6O4/c1-4-27-10-14-22-17(24-28-14)11-6-5-7-13(16(11)26-3)21-12-8-9-20-23-15(12)18(25)19-2/h5-9H,4,10H2,1-3H3,(H,19,25)(H,20,21)/i3D3. The first-order valence-electron chi connectivity index (χ1n) is 9.86. The van der Waals surface area contributed by atoms with Crippen LogP contribution in [0.2, 0.25) is 0 Å². The first-order chi connectivity index (χ1) is 14.8. The zero-order chi connectivity index (χ0) is 22.4. The van der Waals surface area contributed by atoms with Gasteiger partial charge in [0.25, 0.3) is 11.8 Å². The van der Waals surface area contributed by atoms with E-state index in [1.165, 1.54) is 19.3 Å². The summed E-state index contributed by atoms with van der Waals surface area (Å²) >= 11 is 0. The van der Waals surface area contributed by atoms with Gasteiger partial charge in [0.2, 0.25) is 5.82 Å². The fourth-order valence-corrected chi connectivity index (χ4v) is 2.40. The molecule has 28 heavy (non-hydrogen) atoms. The van der Waals surface area contributed by atoms with E-state index < -0.39 is 12.9 Å². The lowest BCUT2D eigenvalue weighted by Gasteiger charge is -2.14. The lowest BCUT2D eigenvalue weighted by molar-refractivity contribution is 0.0958. The Labute approximate surface area is 165 Å². The van der Waals surface area contributed by atoms with E-state index in [2.05, 4.69) is 31.0 Å². The van der Waals surface area contributed by atoms with Crippen molar-refractivity contribution in [3.8, 4) is 17.1 Å². The Kier molecular flexibility index (Phi) is 4.94. The largest absolute Gasteiger partial charge is 0.494 e. The Bertz CT molecular complexity index is 1060. The summed E-state index contributed by atoms with van der Waals surface area (Å²) in [6.45, 7) is 2.42. The van der Waals surface area contributed by atoms with Gasteiger partial charge in [0.1, 0.15) is 6.61 Å².